The number of benzene rings is 2. The van der Waals surface area contributed by atoms with Gasteiger partial charge in [-0.3, -0.25) is 19.3 Å². The lowest BCUT2D eigenvalue weighted by Gasteiger charge is -2.23. The van der Waals surface area contributed by atoms with E-state index in [0.717, 1.165) is 42.6 Å². The molecule has 2 aromatic heterocycles. The average Bonchev–Trinajstić information content (AvgIpc) is 3.46. The largest absolute Gasteiger partial charge is 0.493 e. The fourth-order valence-corrected chi connectivity index (χ4v) is 6.08. The molecule has 0 saturated carbocycles. The van der Waals surface area contributed by atoms with E-state index in [1.165, 1.54) is 11.8 Å². The number of ketones is 1. The van der Waals surface area contributed by atoms with E-state index >= 15 is 0 Å². The van der Waals surface area contributed by atoms with Crippen molar-refractivity contribution >= 4 is 39.1 Å². The normalized spacial score (nSPS) is 14.6. The molecule has 2 aromatic carbocycles. The Labute approximate surface area is 236 Å². The molecule has 0 saturated heterocycles. The number of anilines is 1. The molecule has 1 atom stereocenters. The number of hydrogen-bond acceptors (Lipinski definition) is 8. The van der Waals surface area contributed by atoms with E-state index < -0.39 is 11.9 Å². The van der Waals surface area contributed by atoms with Crippen LogP contribution in [0.1, 0.15) is 88.2 Å². The van der Waals surface area contributed by atoms with Crippen LogP contribution in [0.5, 0.6) is 11.5 Å². The topological polar surface area (TPSA) is 98.9 Å². The molecule has 208 valence electrons. The third kappa shape index (κ3) is 4.90. The van der Waals surface area contributed by atoms with Crippen LogP contribution in [0.15, 0.2) is 45.6 Å². The van der Waals surface area contributed by atoms with Gasteiger partial charge in [-0.25, -0.2) is 4.98 Å². The Morgan fingerprint density at radius 3 is 2.58 bits per heavy atom. The molecule has 0 radical (unpaired) electrons. The summed E-state index contributed by atoms with van der Waals surface area (Å²) < 4.78 is 17.7. The minimum atomic E-state index is -0.832. The Balaban J connectivity index is 1.65. The average molecular weight is 561 g/mol. The van der Waals surface area contributed by atoms with Gasteiger partial charge >= 0.3 is 0 Å². The van der Waals surface area contributed by atoms with Crippen molar-refractivity contribution in [2.24, 2.45) is 0 Å². The SMILES string of the molecule is CCCCCCOc1ccc(C2c3c(oc4ccc(C)cc4c3=O)C(=O)N2c2nc(C)c(C(C)=O)s2)cc1OC. The first-order valence-corrected chi connectivity index (χ1v) is 14.3. The molecule has 1 amide bonds. The van der Waals surface area contributed by atoms with Crippen molar-refractivity contribution in [3.63, 3.8) is 0 Å². The van der Waals surface area contributed by atoms with Gasteiger partial charge in [0.25, 0.3) is 5.91 Å². The van der Waals surface area contributed by atoms with Crippen LogP contribution < -0.4 is 19.8 Å². The van der Waals surface area contributed by atoms with Crippen LogP contribution in [0.2, 0.25) is 0 Å². The van der Waals surface area contributed by atoms with E-state index in [1.54, 1.807) is 38.3 Å². The summed E-state index contributed by atoms with van der Waals surface area (Å²) in [5.41, 5.74) is 2.36. The van der Waals surface area contributed by atoms with Gasteiger partial charge < -0.3 is 13.9 Å². The molecular weight excluding hydrogens is 528 g/mol. The number of carbonyl (C=O) groups excluding carboxylic acids is 2. The van der Waals surface area contributed by atoms with Gasteiger partial charge in [-0.15, -0.1) is 0 Å². The van der Waals surface area contributed by atoms with Gasteiger partial charge in [0.05, 0.1) is 41.3 Å². The van der Waals surface area contributed by atoms with Gasteiger partial charge in [0.1, 0.15) is 5.58 Å². The monoisotopic (exact) mass is 560 g/mol. The number of aryl methyl sites for hydroxylation is 2. The number of thiazole rings is 1. The van der Waals surface area contributed by atoms with Crippen molar-refractivity contribution in [3.8, 4) is 11.5 Å². The Morgan fingerprint density at radius 1 is 1.07 bits per heavy atom. The molecule has 40 heavy (non-hydrogen) atoms. The molecule has 1 aliphatic rings. The summed E-state index contributed by atoms with van der Waals surface area (Å²) in [7, 11) is 1.56. The lowest BCUT2D eigenvalue weighted by molar-refractivity contribution is 0.0969. The zero-order chi connectivity index (χ0) is 28.6. The Kier molecular flexibility index (Phi) is 7.76. The third-order valence-corrected chi connectivity index (χ3v) is 8.35. The predicted molar refractivity (Wildman–Crippen MR) is 155 cm³/mol. The van der Waals surface area contributed by atoms with E-state index in [1.807, 2.05) is 19.1 Å². The van der Waals surface area contributed by atoms with Gasteiger partial charge in [0.15, 0.2) is 27.8 Å². The standard InChI is InChI=1S/C31H32N2O6S/c1-6-7-8-9-14-38-23-13-11-20(16-24(23)37-5)26-25-27(35)21-15-17(2)10-12-22(21)39-28(25)30(36)33(26)31-32-18(3)29(40-31)19(4)34/h10-13,15-16,26H,6-9,14H2,1-5H3. The van der Waals surface area contributed by atoms with Crippen LogP contribution in [-0.4, -0.2) is 30.4 Å². The van der Waals surface area contributed by atoms with Crippen molar-refractivity contribution in [2.45, 2.75) is 59.4 Å². The molecule has 0 bridgehead atoms. The summed E-state index contributed by atoms with van der Waals surface area (Å²) in [6, 6.07) is 9.89. The molecular formula is C31H32N2O6S. The van der Waals surface area contributed by atoms with Crippen LogP contribution >= 0.6 is 11.3 Å². The summed E-state index contributed by atoms with van der Waals surface area (Å²) in [4.78, 5) is 46.5. The first-order valence-electron chi connectivity index (χ1n) is 13.4. The second-order valence-electron chi connectivity index (χ2n) is 10.0. The van der Waals surface area contributed by atoms with Crippen LogP contribution in [0.25, 0.3) is 11.0 Å². The van der Waals surface area contributed by atoms with Crippen molar-refractivity contribution in [2.75, 3.05) is 18.6 Å². The van der Waals surface area contributed by atoms with Gasteiger partial charge in [-0.05, 0) is 50.1 Å². The second kappa shape index (κ2) is 11.3. The lowest BCUT2D eigenvalue weighted by atomic mass is 9.98. The maximum atomic E-state index is 13.9. The fourth-order valence-electron chi connectivity index (χ4n) is 5.10. The van der Waals surface area contributed by atoms with Gasteiger partial charge in [0.2, 0.25) is 5.76 Å². The first-order chi connectivity index (χ1) is 19.2. The van der Waals surface area contributed by atoms with Crippen molar-refractivity contribution < 1.29 is 23.5 Å². The zero-order valence-electron chi connectivity index (χ0n) is 23.3. The van der Waals surface area contributed by atoms with Crippen LogP contribution in [-0.2, 0) is 0 Å². The quantitative estimate of drug-likeness (QED) is 0.156. The first kappa shape index (κ1) is 27.6. The Morgan fingerprint density at radius 2 is 1.88 bits per heavy atom. The van der Waals surface area contributed by atoms with E-state index in [9.17, 15) is 14.4 Å². The number of carbonyl (C=O) groups is 2. The maximum absolute atomic E-state index is 13.9. The summed E-state index contributed by atoms with van der Waals surface area (Å²) >= 11 is 1.13. The number of aromatic nitrogens is 1. The maximum Gasteiger partial charge on any atom is 0.297 e. The Hall–Kier alpha value is -3.98. The number of unbranched alkanes of at least 4 members (excludes halogenated alkanes) is 3. The van der Waals surface area contributed by atoms with Crippen LogP contribution in [0.3, 0.4) is 0 Å². The third-order valence-electron chi connectivity index (χ3n) is 7.10. The minimum absolute atomic E-state index is 0.0289. The predicted octanol–water partition coefficient (Wildman–Crippen LogP) is 6.79. The fraction of sp³-hybridized carbons (Fsp3) is 0.355. The van der Waals surface area contributed by atoms with E-state index in [4.69, 9.17) is 13.9 Å². The molecule has 9 heteroatoms. The molecule has 3 heterocycles. The molecule has 0 aliphatic carbocycles. The van der Waals surface area contributed by atoms with Gasteiger partial charge in [-0.1, -0.05) is 55.2 Å². The summed E-state index contributed by atoms with van der Waals surface area (Å²) in [5.74, 6) is 0.426. The lowest BCUT2D eigenvalue weighted by Crippen LogP contribution is -2.29. The molecule has 0 fully saturated rings. The van der Waals surface area contributed by atoms with Gasteiger partial charge in [-0.2, -0.15) is 0 Å². The van der Waals surface area contributed by atoms with Crippen LogP contribution in [0, 0.1) is 13.8 Å². The summed E-state index contributed by atoms with van der Waals surface area (Å²) in [6.45, 7) is 7.82. The molecule has 8 nitrogen and oxygen atoms in total. The van der Waals surface area contributed by atoms with Crippen LogP contribution in [0.4, 0.5) is 5.13 Å². The Bertz CT molecular complexity index is 1670. The second-order valence-corrected chi connectivity index (χ2v) is 11.0. The number of hydrogen-bond donors (Lipinski definition) is 0. The van der Waals surface area contributed by atoms with E-state index in [-0.39, 0.29) is 22.5 Å². The molecule has 0 N–H and O–H groups in total. The number of methoxy groups -OCH3 is 1. The summed E-state index contributed by atoms with van der Waals surface area (Å²) in [5, 5.41) is 0.719. The number of amides is 1. The highest BCUT2D eigenvalue weighted by molar-refractivity contribution is 7.17. The smallest absolute Gasteiger partial charge is 0.297 e. The van der Waals surface area contributed by atoms with Gasteiger partial charge in [0, 0.05) is 6.92 Å². The molecule has 0 spiro atoms. The van der Waals surface area contributed by atoms with Crippen molar-refractivity contribution in [1.29, 1.82) is 0 Å². The number of Topliss-reactive ketones (excluding diaryl/α,β-unsaturated/α-hetero) is 1. The zero-order valence-corrected chi connectivity index (χ0v) is 24.1. The van der Waals surface area contributed by atoms with E-state index in [2.05, 4.69) is 11.9 Å². The summed E-state index contributed by atoms with van der Waals surface area (Å²) in [6.07, 6.45) is 4.33. The highest BCUT2D eigenvalue weighted by Gasteiger charge is 2.45. The number of ether oxygens (including phenoxy) is 2. The number of nitrogens with zero attached hydrogens (tertiary/aromatic N) is 2. The minimum Gasteiger partial charge on any atom is -0.493 e. The van der Waals surface area contributed by atoms with Crippen molar-refractivity contribution in [3.05, 3.63) is 79.6 Å². The van der Waals surface area contributed by atoms with E-state index in [0.29, 0.717) is 50.3 Å². The highest BCUT2D eigenvalue weighted by atomic mass is 32.1. The number of rotatable bonds is 10. The number of fused-ring (bicyclic) bond motifs is 2. The molecule has 1 aliphatic heterocycles. The molecule has 4 aromatic rings. The van der Waals surface area contributed by atoms with Crippen molar-refractivity contribution in [1.82, 2.24) is 4.98 Å². The highest BCUT2D eigenvalue weighted by Crippen LogP contribution is 2.44. The molecule has 1 unspecified atom stereocenters. The molecule has 5 rings (SSSR count).